The molecule has 0 saturated heterocycles. The van der Waals surface area contributed by atoms with Gasteiger partial charge in [-0.25, -0.2) is 0 Å². The molecule has 1 nitrogen and oxygen atoms in total. The third-order valence-corrected chi connectivity index (χ3v) is 5.79. The van der Waals surface area contributed by atoms with E-state index in [1.165, 1.54) is 122 Å². The molecule has 0 bridgehead atoms. The SMILES string of the molecule is CCCCCCCCCN(C)C/C=C(\CCCCC)CCCCCCCC. The molecule has 0 amide bonds. The molecule has 0 aromatic carbocycles. The number of likely N-dealkylation sites (N-methyl/N-ethyl adjacent to an activating group) is 1. The summed E-state index contributed by atoms with van der Waals surface area (Å²) < 4.78 is 0. The Labute approximate surface area is 173 Å². The fourth-order valence-corrected chi connectivity index (χ4v) is 3.78. The van der Waals surface area contributed by atoms with Crippen LogP contribution >= 0.6 is 0 Å². The Hall–Kier alpha value is -0.300. The van der Waals surface area contributed by atoms with E-state index in [9.17, 15) is 0 Å². The molecule has 0 aliphatic heterocycles. The summed E-state index contributed by atoms with van der Waals surface area (Å²) >= 11 is 0. The van der Waals surface area contributed by atoms with E-state index in [1.54, 1.807) is 5.57 Å². The van der Waals surface area contributed by atoms with Crippen LogP contribution in [0.4, 0.5) is 0 Å². The molecule has 0 saturated carbocycles. The van der Waals surface area contributed by atoms with Gasteiger partial charge in [-0.2, -0.15) is 0 Å². The van der Waals surface area contributed by atoms with Gasteiger partial charge >= 0.3 is 0 Å². The first-order valence-electron chi connectivity index (χ1n) is 12.6. The normalized spacial score (nSPS) is 12.3. The van der Waals surface area contributed by atoms with Crippen LogP contribution in [0.1, 0.15) is 136 Å². The van der Waals surface area contributed by atoms with E-state index >= 15 is 0 Å². The van der Waals surface area contributed by atoms with Gasteiger partial charge in [0.1, 0.15) is 0 Å². The Kier molecular flexibility index (Phi) is 21.7. The second-order valence-corrected chi connectivity index (χ2v) is 8.72. The molecule has 0 aliphatic carbocycles. The van der Waals surface area contributed by atoms with E-state index in [0.717, 1.165) is 6.54 Å². The van der Waals surface area contributed by atoms with Crippen molar-refractivity contribution < 1.29 is 0 Å². The molecule has 1 heteroatoms. The standard InChI is InChI=1S/C26H53N/c1-5-8-11-13-15-17-20-24-27(4)25-23-26(21-18-10-7-3)22-19-16-14-12-9-6-2/h23H,5-22,24-25H2,1-4H3/b26-23+. The maximum atomic E-state index is 2.57. The summed E-state index contributed by atoms with van der Waals surface area (Å²) in [7, 11) is 2.31. The summed E-state index contributed by atoms with van der Waals surface area (Å²) in [5.74, 6) is 0. The van der Waals surface area contributed by atoms with Gasteiger partial charge in [-0.05, 0) is 45.7 Å². The number of nitrogens with zero attached hydrogens (tertiary/aromatic N) is 1. The van der Waals surface area contributed by atoms with Crippen LogP contribution in [0.25, 0.3) is 0 Å². The van der Waals surface area contributed by atoms with Gasteiger partial charge in [-0.1, -0.05) is 116 Å². The molecule has 0 aromatic rings. The molecular weight excluding hydrogens is 326 g/mol. The van der Waals surface area contributed by atoms with Gasteiger partial charge in [0.25, 0.3) is 0 Å². The second kappa shape index (κ2) is 22.0. The summed E-state index contributed by atoms with van der Waals surface area (Å²) in [6.45, 7) is 9.34. The molecule has 27 heavy (non-hydrogen) atoms. The number of rotatable bonds is 21. The third kappa shape index (κ3) is 20.2. The molecule has 0 unspecified atom stereocenters. The highest BCUT2D eigenvalue weighted by Crippen LogP contribution is 2.18. The lowest BCUT2D eigenvalue weighted by atomic mass is 10.00. The van der Waals surface area contributed by atoms with E-state index in [-0.39, 0.29) is 0 Å². The van der Waals surface area contributed by atoms with Crippen LogP contribution in [0.2, 0.25) is 0 Å². The smallest absolute Gasteiger partial charge is 0.0162 e. The van der Waals surface area contributed by atoms with Crippen LogP contribution < -0.4 is 0 Å². The second-order valence-electron chi connectivity index (χ2n) is 8.72. The summed E-state index contributed by atoms with van der Waals surface area (Å²) in [6, 6.07) is 0. The monoisotopic (exact) mass is 379 g/mol. The molecule has 0 heterocycles. The van der Waals surface area contributed by atoms with Crippen LogP contribution in [0.15, 0.2) is 11.6 Å². The van der Waals surface area contributed by atoms with Gasteiger partial charge in [0.2, 0.25) is 0 Å². The average molecular weight is 380 g/mol. The molecule has 162 valence electrons. The summed E-state index contributed by atoms with van der Waals surface area (Å²) in [6.07, 6.45) is 27.7. The van der Waals surface area contributed by atoms with Crippen molar-refractivity contribution >= 4 is 0 Å². The highest BCUT2D eigenvalue weighted by molar-refractivity contribution is 5.03. The highest BCUT2D eigenvalue weighted by atomic mass is 15.1. The minimum absolute atomic E-state index is 1.16. The fraction of sp³-hybridized carbons (Fsp3) is 0.923. The molecule has 0 aromatic heterocycles. The quantitative estimate of drug-likeness (QED) is 0.142. The number of unbranched alkanes of at least 4 members (excludes halogenated alkanes) is 13. The van der Waals surface area contributed by atoms with Gasteiger partial charge in [0.05, 0.1) is 0 Å². The van der Waals surface area contributed by atoms with Crippen molar-refractivity contribution in [3.05, 3.63) is 11.6 Å². The zero-order valence-corrected chi connectivity index (χ0v) is 19.7. The predicted octanol–water partition coefficient (Wildman–Crippen LogP) is 8.93. The van der Waals surface area contributed by atoms with Gasteiger partial charge in [-0.15, -0.1) is 0 Å². The Morgan fingerprint density at radius 2 is 0.963 bits per heavy atom. The summed E-state index contributed by atoms with van der Waals surface area (Å²) in [4.78, 5) is 2.53. The van der Waals surface area contributed by atoms with Crippen LogP contribution in [-0.2, 0) is 0 Å². The molecule has 0 aliphatic rings. The maximum absolute atomic E-state index is 2.57. The molecule has 0 rings (SSSR count). The highest BCUT2D eigenvalue weighted by Gasteiger charge is 2.02. The van der Waals surface area contributed by atoms with Crippen LogP contribution in [0.5, 0.6) is 0 Å². The van der Waals surface area contributed by atoms with Gasteiger partial charge in [-0.3, -0.25) is 0 Å². The van der Waals surface area contributed by atoms with Crippen LogP contribution in [0, 0.1) is 0 Å². The first-order valence-corrected chi connectivity index (χ1v) is 12.6. The van der Waals surface area contributed by atoms with E-state index in [2.05, 4.69) is 38.8 Å². The van der Waals surface area contributed by atoms with Gasteiger partial charge in [0, 0.05) is 6.54 Å². The fourth-order valence-electron chi connectivity index (χ4n) is 3.78. The van der Waals surface area contributed by atoms with E-state index < -0.39 is 0 Å². The Morgan fingerprint density at radius 3 is 1.52 bits per heavy atom. The molecule has 0 N–H and O–H groups in total. The van der Waals surface area contributed by atoms with Crippen molar-refractivity contribution in [2.75, 3.05) is 20.1 Å². The molecular formula is C26H53N. The Bertz CT molecular complexity index is 307. The molecule has 0 fully saturated rings. The first-order chi connectivity index (χ1) is 13.2. The van der Waals surface area contributed by atoms with E-state index in [4.69, 9.17) is 0 Å². The van der Waals surface area contributed by atoms with E-state index in [0.29, 0.717) is 0 Å². The minimum atomic E-state index is 1.16. The molecule has 0 atom stereocenters. The Balaban J connectivity index is 3.95. The Morgan fingerprint density at radius 1 is 0.556 bits per heavy atom. The lowest BCUT2D eigenvalue weighted by molar-refractivity contribution is 0.354. The predicted molar refractivity (Wildman–Crippen MR) is 126 cm³/mol. The number of allylic oxidation sites excluding steroid dienone is 1. The zero-order valence-electron chi connectivity index (χ0n) is 19.7. The van der Waals surface area contributed by atoms with Crippen molar-refractivity contribution in [3.63, 3.8) is 0 Å². The largest absolute Gasteiger partial charge is 0.303 e. The minimum Gasteiger partial charge on any atom is -0.303 e. The summed E-state index contributed by atoms with van der Waals surface area (Å²) in [5.41, 5.74) is 1.74. The number of hydrogen-bond acceptors (Lipinski definition) is 1. The zero-order chi connectivity index (χ0) is 20.0. The number of hydrogen-bond donors (Lipinski definition) is 0. The lowest BCUT2D eigenvalue weighted by Gasteiger charge is -2.16. The van der Waals surface area contributed by atoms with Gasteiger partial charge < -0.3 is 4.90 Å². The van der Waals surface area contributed by atoms with Crippen molar-refractivity contribution in [3.8, 4) is 0 Å². The topological polar surface area (TPSA) is 3.24 Å². The maximum Gasteiger partial charge on any atom is 0.0162 e. The van der Waals surface area contributed by atoms with Crippen molar-refractivity contribution in [2.24, 2.45) is 0 Å². The molecule has 0 spiro atoms. The van der Waals surface area contributed by atoms with E-state index in [1.807, 2.05) is 0 Å². The molecule has 0 radical (unpaired) electrons. The van der Waals surface area contributed by atoms with Crippen molar-refractivity contribution in [1.29, 1.82) is 0 Å². The van der Waals surface area contributed by atoms with Crippen molar-refractivity contribution in [2.45, 2.75) is 136 Å². The van der Waals surface area contributed by atoms with Crippen LogP contribution in [-0.4, -0.2) is 25.0 Å². The van der Waals surface area contributed by atoms with Crippen LogP contribution in [0.3, 0.4) is 0 Å². The summed E-state index contributed by atoms with van der Waals surface area (Å²) in [5, 5.41) is 0. The average Bonchev–Trinajstić information content (AvgIpc) is 2.67. The van der Waals surface area contributed by atoms with Gasteiger partial charge in [0.15, 0.2) is 0 Å². The first kappa shape index (κ1) is 26.7. The third-order valence-electron chi connectivity index (χ3n) is 5.79. The lowest BCUT2D eigenvalue weighted by Crippen LogP contribution is -2.20. The van der Waals surface area contributed by atoms with Crippen molar-refractivity contribution in [1.82, 2.24) is 4.90 Å².